The van der Waals surface area contributed by atoms with Crippen LogP contribution < -0.4 is 5.73 Å². The number of aryl methyl sites for hydroxylation is 1. The molecule has 24 heavy (non-hydrogen) atoms. The summed E-state index contributed by atoms with van der Waals surface area (Å²) in [5.41, 5.74) is 4.13. The van der Waals surface area contributed by atoms with Crippen molar-refractivity contribution in [3.05, 3.63) is 29.0 Å². The van der Waals surface area contributed by atoms with Gasteiger partial charge in [-0.2, -0.15) is 9.29 Å². The lowest BCUT2D eigenvalue weighted by molar-refractivity contribution is 0.0194. The van der Waals surface area contributed by atoms with E-state index in [0.29, 0.717) is 12.2 Å². The third-order valence-corrected chi connectivity index (χ3v) is 5.94. The van der Waals surface area contributed by atoms with E-state index in [1.807, 2.05) is 6.92 Å². The van der Waals surface area contributed by atoms with E-state index in [4.69, 9.17) is 21.9 Å². The minimum absolute atomic E-state index is 0.00856. The average Bonchev–Trinajstić information content (AvgIpc) is 3.17. The van der Waals surface area contributed by atoms with Crippen LogP contribution in [-0.4, -0.2) is 46.0 Å². The van der Waals surface area contributed by atoms with E-state index in [1.54, 1.807) is 0 Å². The monoisotopic (exact) mass is 373 g/mol. The van der Waals surface area contributed by atoms with Gasteiger partial charge in [0.2, 0.25) is 10.0 Å². The topological polar surface area (TPSA) is 135 Å². The number of anilines is 1. The molecule has 0 bridgehead atoms. The molecule has 1 aliphatic heterocycles. The maximum Gasteiger partial charge on any atom is 0.260 e. The first-order chi connectivity index (χ1) is 11.3. The van der Waals surface area contributed by atoms with Crippen LogP contribution >= 0.6 is 11.6 Å². The highest BCUT2D eigenvalue weighted by Gasteiger charge is 2.47. The zero-order valence-electron chi connectivity index (χ0n) is 12.8. The van der Waals surface area contributed by atoms with Crippen molar-refractivity contribution in [2.45, 2.75) is 30.3 Å². The van der Waals surface area contributed by atoms with E-state index in [0.717, 1.165) is 4.31 Å². The molecule has 0 saturated carbocycles. The lowest BCUT2D eigenvalue weighted by Gasteiger charge is -2.20. The number of aliphatic hydroxyl groups is 1. The van der Waals surface area contributed by atoms with Crippen molar-refractivity contribution in [1.82, 2.24) is 19.4 Å². The third kappa shape index (κ3) is 2.86. The summed E-state index contributed by atoms with van der Waals surface area (Å²) < 4.78 is 31.7. The Bertz CT molecular complexity index is 871. The van der Waals surface area contributed by atoms with Gasteiger partial charge in [0.1, 0.15) is 10.7 Å². The van der Waals surface area contributed by atoms with Crippen molar-refractivity contribution in [1.29, 1.82) is 0 Å². The van der Waals surface area contributed by atoms with Crippen LogP contribution in [0.25, 0.3) is 0 Å². The van der Waals surface area contributed by atoms with Crippen molar-refractivity contribution in [2.24, 2.45) is 0 Å². The van der Waals surface area contributed by atoms with Crippen LogP contribution in [0.3, 0.4) is 0 Å². The lowest BCUT2D eigenvalue weighted by atomic mass is 10.0. The Morgan fingerprint density at radius 1 is 1.54 bits per heavy atom. The minimum atomic E-state index is -3.96. The van der Waals surface area contributed by atoms with Crippen LogP contribution in [0.15, 0.2) is 21.7 Å². The summed E-state index contributed by atoms with van der Waals surface area (Å²) in [4.78, 5) is 7.66. The van der Waals surface area contributed by atoms with Gasteiger partial charge in [-0.05, 0) is 6.07 Å². The van der Waals surface area contributed by atoms with Gasteiger partial charge in [-0.15, -0.1) is 0 Å². The Balaban J connectivity index is 1.90. The summed E-state index contributed by atoms with van der Waals surface area (Å²) in [6.45, 7) is 1.71. The van der Waals surface area contributed by atoms with E-state index in [9.17, 15) is 13.5 Å². The van der Waals surface area contributed by atoms with E-state index >= 15 is 0 Å². The summed E-state index contributed by atoms with van der Waals surface area (Å²) in [5.74, 6) is 0.304. The number of sulfonamides is 1. The van der Waals surface area contributed by atoms with Crippen molar-refractivity contribution in [3.63, 3.8) is 0 Å². The first-order valence-corrected chi connectivity index (χ1v) is 9.04. The highest BCUT2D eigenvalue weighted by atomic mass is 35.5. The number of nitrogens with zero attached hydrogens (tertiary/aromatic N) is 4. The molecule has 130 valence electrons. The molecule has 0 aliphatic carbocycles. The predicted octanol–water partition coefficient (Wildman–Crippen LogP) is 0.545. The second-order valence-corrected chi connectivity index (χ2v) is 7.87. The van der Waals surface area contributed by atoms with Crippen LogP contribution in [0.5, 0.6) is 0 Å². The van der Waals surface area contributed by atoms with E-state index < -0.39 is 15.6 Å². The van der Waals surface area contributed by atoms with Crippen molar-refractivity contribution in [3.8, 4) is 0 Å². The molecule has 1 atom stereocenters. The second kappa shape index (κ2) is 5.96. The highest BCUT2D eigenvalue weighted by molar-refractivity contribution is 7.89. The number of pyridine rings is 1. The smallest absolute Gasteiger partial charge is 0.260 e. The number of hydrogen-bond acceptors (Lipinski definition) is 8. The van der Waals surface area contributed by atoms with Crippen molar-refractivity contribution in [2.75, 3.05) is 18.8 Å². The number of hydrogen-bond donors (Lipinski definition) is 2. The SMILES string of the molecule is CCc1noc([C@]2(O)CCN(S(=O)(=O)c3cc(Cl)cnc3N)C2)n1. The van der Waals surface area contributed by atoms with E-state index in [-0.39, 0.29) is 41.1 Å². The maximum atomic E-state index is 12.8. The molecule has 2 aromatic heterocycles. The van der Waals surface area contributed by atoms with Crippen LogP contribution in [0, 0.1) is 0 Å². The fraction of sp³-hybridized carbons (Fsp3) is 0.462. The van der Waals surface area contributed by atoms with Crippen LogP contribution in [0.4, 0.5) is 5.82 Å². The van der Waals surface area contributed by atoms with Gasteiger partial charge in [0, 0.05) is 25.6 Å². The molecule has 9 nitrogen and oxygen atoms in total. The molecule has 3 N–H and O–H groups in total. The van der Waals surface area contributed by atoms with Gasteiger partial charge in [0.25, 0.3) is 5.89 Å². The maximum absolute atomic E-state index is 12.8. The Kier molecular flexibility index (Phi) is 4.24. The molecule has 3 rings (SSSR count). The zero-order valence-corrected chi connectivity index (χ0v) is 14.4. The van der Waals surface area contributed by atoms with Crippen molar-refractivity contribution < 1.29 is 18.0 Å². The molecule has 0 amide bonds. The largest absolute Gasteiger partial charge is 0.383 e. The van der Waals surface area contributed by atoms with Gasteiger partial charge in [0.05, 0.1) is 11.6 Å². The van der Waals surface area contributed by atoms with Gasteiger partial charge in [0.15, 0.2) is 11.4 Å². The normalized spacial score (nSPS) is 22.1. The summed E-state index contributed by atoms with van der Waals surface area (Å²) in [5, 5.41) is 14.6. The second-order valence-electron chi connectivity index (χ2n) is 5.53. The average molecular weight is 374 g/mol. The van der Waals surface area contributed by atoms with Crippen LogP contribution in [0.1, 0.15) is 25.1 Å². The summed E-state index contributed by atoms with van der Waals surface area (Å²) >= 11 is 5.82. The first-order valence-electron chi connectivity index (χ1n) is 7.23. The molecule has 1 fully saturated rings. The van der Waals surface area contributed by atoms with Crippen LogP contribution in [-0.2, 0) is 22.0 Å². The summed E-state index contributed by atoms with van der Waals surface area (Å²) in [6.07, 6.45) is 1.94. The van der Waals surface area contributed by atoms with Gasteiger partial charge in [-0.3, -0.25) is 0 Å². The molecule has 11 heteroatoms. The number of nitrogen functional groups attached to an aromatic ring is 1. The lowest BCUT2D eigenvalue weighted by Crippen LogP contribution is -2.35. The molecule has 3 heterocycles. The number of aromatic nitrogens is 3. The molecule has 0 aromatic carbocycles. The van der Waals surface area contributed by atoms with Crippen LogP contribution in [0.2, 0.25) is 5.02 Å². The van der Waals surface area contributed by atoms with E-state index in [1.165, 1.54) is 12.3 Å². The van der Waals surface area contributed by atoms with Crippen molar-refractivity contribution >= 4 is 27.4 Å². The molecule has 1 saturated heterocycles. The summed E-state index contributed by atoms with van der Waals surface area (Å²) in [6, 6.07) is 1.23. The molecular formula is C13H16ClN5O4S. The Morgan fingerprint density at radius 2 is 2.29 bits per heavy atom. The predicted molar refractivity (Wildman–Crippen MR) is 84.6 cm³/mol. The highest BCUT2D eigenvalue weighted by Crippen LogP contribution is 2.35. The van der Waals surface area contributed by atoms with E-state index in [2.05, 4.69) is 15.1 Å². The standard InChI is InChI=1S/C13H16ClN5O4S/c1-2-10-17-12(23-18-10)13(20)3-4-19(7-13)24(21,22)9-5-8(14)6-16-11(9)15/h5-6,20H,2-4,7H2,1H3,(H2,15,16)/t13-/m0/s1. The molecule has 2 aromatic rings. The summed E-state index contributed by atoms with van der Waals surface area (Å²) in [7, 11) is -3.96. The fourth-order valence-corrected chi connectivity index (χ4v) is 4.31. The Hall–Kier alpha value is -1.75. The molecule has 0 unspecified atom stereocenters. The first kappa shape index (κ1) is 17.1. The Morgan fingerprint density at radius 3 is 2.96 bits per heavy atom. The third-order valence-electron chi connectivity index (χ3n) is 3.86. The van der Waals surface area contributed by atoms with Gasteiger partial charge < -0.3 is 15.4 Å². The molecular weight excluding hydrogens is 358 g/mol. The number of rotatable bonds is 4. The van der Waals surface area contributed by atoms with Gasteiger partial charge >= 0.3 is 0 Å². The number of β-amino-alcohol motifs (C(OH)–C–C–N with tert-alkyl or cyclic N) is 1. The Labute approximate surface area is 143 Å². The zero-order chi connectivity index (χ0) is 17.5. The van der Waals surface area contributed by atoms with Gasteiger partial charge in [-0.1, -0.05) is 23.7 Å². The quantitative estimate of drug-likeness (QED) is 0.792. The fourth-order valence-electron chi connectivity index (χ4n) is 2.50. The molecule has 0 radical (unpaired) electrons. The number of halogens is 1. The van der Waals surface area contributed by atoms with Gasteiger partial charge in [-0.25, -0.2) is 13.4 Å². The number of nitrogens with two attached hydrogens (primary N) is 1. The molecule has 1 aliphatic rings. The minimum Gasteiger partial charge on any atom is -0.383 e. The molecule has 0 spiro atoms.